The van der Waals surface area contributed by atoms with Crippen LogP contribution >= 0.6 is 0 Å². The summed E-state index contributed by atoms with van der Waals surface area (Å²) in [4.78, 5) is 21.5. The molecule has 24 heavy (non-hydrogen) atoms. The van der Waals surface area contributed by atoms with E-state index < -0.39 is 4.92 Å². The van der Waals surface area contributed by atoms with Crippen LogP contribution in [0.4, 0.5) is 11.5 Å². The van der Waals surface area contributed by atoms with Gasteiger partial charge in [0.1, 0.15) is 6.33 Å². The molecule has 1 N–H and O–H groups in total. The van der Waals surface area contributed by atoms with Crippen molar-refractivity contribution in [1.82, 2.24) is 29.7 Å². The van der Waals surface area contributed by atoms with Crippen molar-refractivity contribution in [2.24, 2.45) is 0 Å². The van der Waals surface area contributed by atoms with Crippen molar-refractivity contribution in [3.63, 3.8) is 0 Å². The highest BCUT2D eigenvalue weighted by Gasteiger charge is 2.27. The summed E-state index contributed by atoms with van der Waals surface area (Å²) in [6.45, 7) is 6.95. The van der Waals surface area contributed by atoms with Gasteiger partial charge in [-0.25, -0.2) is 19.7 Å². The number of hydrogen-bond donors (Lipinski definition) is 1. The maximum absolute atomic E-state index is 11.6. The highest BCUT2D eigenvalue weighted by molar-refractivity contribution is 5.63. The van der Waals surface area contributed by atoms with Gasteiger partial charge in [-0.2, -0.15) is 5.10 Å². The number of aromatic nitrogens is 4. The zero-order valence-corrected chi connectivity index (χ0v) is 13.9. The van der Waals surface area contributed by atoms with E-state index in [2.05, 4.69) is 25.4 Å². The molecule has 3 heterocycles. The number of aryl methyl sites for hydroxylation is 2. The molecule has 10 nitrogen and oxygen atoms in total. The molecule has 10 heteroatoms. The quantitative estimate of drug-likeness (QED) is 0.646. The van der Waals surface area contributed by atoms with Crippen molar-refractivity contribution in [3.05, 3.63) is 33.9 Å². The number of hydrogen-bond acceptors (Lipinski definition) is 8. The summed E-state index contributed by atoms with van der Waals surface area (Å²) in [6.07, 6.45) is 1.32. The number of likely N-dealkylation sites (N-methyl/N-ethyl adjacent to an activating group) is 1. The molecule has 1 saturated heterocycles. The lowest BCUT2D eigenvalue weighted by Crippen LogP contribution is -2.47. The van der Waals surface area contributed by atoms with Crippen LogP contribution in [0.5, 0.6) is 0 Å². The third-order valence-electron chi connectivity index (χ3n) is 3.96. The van der Waals surface area contributed by atoms with E-state index >= 15 is 0 Å². The second kappa shape index (κ2) is 6.49. The monoisotopic (exact) mass is 332 g/mol. The van der Waals surface area contributed by atoms with Gasteiger partial charge in [0.15, 0.2) is 0 Å². The molecule has 0 unspecified atom stereocenters. The van der Waals surface area contributed by atoms with Crippen LogP contribution in [-0.2, 0) is 0 Å². The fraction of sp³-hybridized carbons (Fsp3) is 0.500. The van der Waals surface area contributed by atoms with Crippen LogP contribution in [0.15, 0.2) is 12.4 Å². The lowest BCUT2D eigenvalue weighted by atomic mass is 10.3. The fourth-order valence-corrected chi connectivity index (χ4v) is 2.69. The van der Waals surface area contributed by atoms with Gasteiger partial charge in [-0.15, -0.1) is 0 Å². The van der Waals surface area contributed by atoms with Crippen LogP contribution in [-0.4, -0.2) is 67.8 Å². The first-order chi connectivity index (χ1) is 11.5. The number of nitrogens with one attached hydrogen (secondary N) is 1. The molecule has 1 aliphatic heterocycles. The molecule has 0 aromatic carbocycles. The molecular weight excluding hydrogens is 312 g/mol. The average Bonchev–Trinajstić information content (AvgIpc) is 2.87. The second-order valence-electron chi connectivity index (χ2n) is 5.89. The Morgan fingerprint density at radius 1 is 1.21 bits per heavy atom. The third-order valence-corrected chi connectivity index (χ3v) is 3.96. The first kappa shape index (κ1) is 16.3. The van der Waals surface area contributed by atoms with E-state index in [-0.39, 0.29) is 17.3 Å². The first-order valence-electron chi connectivity index (χ1n) is 7.69. The molecular formula is C14H20N8O2. The molecule has 0 aliphatic carbocycles. The SMILES string of the molecule is Cc1cc(C)n(-c2ncnc(NN3CCN(C)CC3)c2[N+](=O)[O-])n1. The molecule has 1 fully saturated rings. The Bertz CT molecular complexity index is 751. The summed E-state index contributed by atoms with van der Waals surface area (Å²) in [7, 11) is 2.05. The number of piperazine rings is 1. The van der Waals surface area contributed by atoms with E-state index in [0.717, 1.165) is 37.6 Å². The zero-order valence-electron chi connectivity index (χ0n) is 13.9. The molecule has 0 radical (unpaired) electrons. The minimum absolute atomic E-state index is 0.164. The van der Waals surface area contributed by atoms with Crippen LogP contribution < -0.4 is 5.43 Å². The summed E-state index contributed by atoms with van der Waals surface area (Å²) < 4.78 is 1.48. The lowest BCUT2D eigenvalue weighted by Gasteiger charge is -2.32. The Morgan fingerprint density at radius 3 is 2.50 bits per heavy atom. The van der Waals surface area contributed by atoms with E-state index in [1.807, 2.05) is 32.0 Å². The third kappa shape index (κ3) is 3.19. The van der Waals surface area contributed by atoms with Crippen molar-refractivity contribution in [3.8, 4) is 5.82 Å². The summed E-state index contributed by atoms with van der Waals surface area (Å²) in [5.74, 6) is 0.347. The molecule has 128 valence electrons. The van der Waals surface area contributed by atoms with Crippen LogP contribution in [0.2, 0.25) is 0 Å². The molecule has 0 saturated carbocycles. The maximum Gasteiger partial charge on any atom is 0.356 e. The van der Waals surface area contributed by atoms with E-state index in [4.69, 9.17) is 0 Å². The smallest absolute Gasteiger partial charge is 0.304 e. The van der Waals surface area contributed by atoms with Crippen molar-refractivity contribution in [1.29, 1.82) is 0 Å². The van der Waals surface area contributed by atoms with Crippen LogP contribution in [0.3, 0.4) is 0 Å². The predicted molar refractivity (Wildman–Crippen MR) is 88.0 cm³/mol. The molecule has 0 bridgehead atoms. The van der Waals surface area contributed by atoms with Crippen molar-refractivity contribution >= 4 is 11.5 Å². The van der Waals surface area contributed by atoms with Gasteiger partial charge < -0.3 is 4.90 Å². The number of hydrazine groups is 1. The maximum atomic E-state index is 11.6. The molecule has 2 aromatic rings. The van der Waals surface area contributed by atoms with Gasteiger partial charge >= 0.3 is 5.69 Å². The van der Waals surface area contributed by atoms with Crippen LogP contribution in [0.25, 0.3) is 5.82 Å². The Balaban J connectivity index is 1.97. The van der Waals surface area contributed by atoms with Crippen molar-refractivity contribution < 1.29 is 4.92 Å². The Kier molecular flexibility index (Phi) is 4.40. The highest BCUT2D eigenvalue weighted by atomic mass is 16.6. The summed E-state index contributed by atoms with van der Waals surface area (Å²) in [6, 6.07) is 1.85. The van der Waals surface area contributed by atoms with Gasteiger partial charge in [0.2, 0.25) is 11.6 Å². The fourth-order valence-electron chi connectivity index (χ4n) is 2.69. The van der Waals surface area contributed by atoms with Gasteiger partial charge in [0.05, 0.1) is 10.6 Å². The number of nitro groups is 1. The average molecular weight is 332 g/mol. The number of nitrogens with zero attached hydrogens (tertiary/aromatic N) is 7. The van der Waals surface area contributed by atoms with E-state index in [0.29, 0.717) is 0 Å². The van der Waals surface area contributed by atoms with Gasteiger partial charge in [0.25, 0.3) is 0 Å². The van der Waals surface area contributed by atoms with Crippen LogP contribution in [0.1, 0.15) is 11.4 Å². The Hall–Kier alpha value is -2.59. The van der Waals surface area contributed by atoms with Gasteiger partial charge in [-0.05, 0) is 27.0 Å². The van der Waals surface area contributed by atoms with Crippen molar-refractivity contribution in [2.75, 3.05) is 38.7 Å². The minimum atomic E-state index is -0.468. The summed E-state index contributed by atoms with van der Waals surface area (Å²) >= 11 is 0. The number of anilines is 1. The molecule has 0 spiro atoms. The van der Waals surface area contributed by atoms with Gasteiger partial charge in [0, 0.05) is 31.9 Å². The Morgan fingerprint density at radius 2 is 1.92 bits per heavy atom. The molecule has 3 rings (SSSR count). The van der Waals surface area contributed by atoms with E-state index in [9.17, 15) is 10.1 Å². The molecule has 0 atom stereocenters. The standard InChI is InChI=1S/C14H20N8O2/c1-10-8-11(2)21(17-10)14-12(22(23)24)13(15-9-16-14)18-20-6-4-19(3)5-7-20/h8-9H,4-7H2,1-3H3,(H,15,16,18). The molecule has 0 amide bonds. The minimum Gasteiger partial charge on any atom is -0.304 e. The normalized spacial score (nSPS) is 16.3. The predicted octanol–water partition coefficient (Wildman–Crippen LogP) is 0.762. The van der Waals surface area contributed by atoms with Gasteiger partial charge in [-0.1, -0.05) is 0 Å². The largest absolute Gasteiger partial charge is 0.356 e. The summed E-state index contributed by atoms with van der Waals surface area (Å²) in [5, 5.41) is 17.9. The lowest BCUT2D eigenvalue weighted by molar-refractivity contribution is -0.384. The van der Waals surface area contributed by atoms with Gasteiger partial charge in [-0.3, -0.25) is 15.5 Å². The topological polar surface area (TPSA) is 105 Å². The number of rotatable bonds is 4. The summed E-state index contributed by atoms with van der Waals surface area (Å²) in [5.41, 5.74) is 4.43. The van der Waals surface area contributed by atoms with Crippen LogP contribution in [0, 0.1) is 24.0 Å². The van der Waals surface area contributed by atoms with Crippen molar-refractivity contribution in [2.45, 2.75) is 13.8 Å². The highest BCUT2D eigenvalue weighted by Crippen LogP contribution is 2.28. The van der Waals surface area contributed by atoms with E-state index in [1.54, 1.807) is 0 Å². The Labute approximate surface area is 139 Å². The van der Waals surface area contributed by atoms with E-state index in [1.165, 1.54) is 11.0 Å². The second-order valence-corrected chi connectivity index (χ2v) is 5.89. The first-order valence-corrected chi connectivity index (χ1v) is 7.69. The zero-order chi connectivity index (χ0) is 17.3. The molecule has 2 aromatic heterocycles. The molecule has 1 aliphatic rings.